The summed E-state index contributed by atoms with van der Waals surface area (Å²) in [6.45, 7) is 0.449. The number of benzene rings is 3. The summed E-state index contributed by atoms with van der Waals surface area (Å²) in [5.41, 5.74) is 0.732. The lowest BCUT2D eigenvalue weighted by Crippen LogP contribution is -2.15. The molecule has 1 amide bonds. The molecule has 1 heterocycles. The zero-order chi connectivity index (χ0) is 23.6. The minimum absolute atomic E-state index is 0.0213. The zero-order valence-corrected chi connectivity index (χ0v) is 18.6. The predicted molar refractivity (Wildman–Crippen MR) is 123 cm³/mol. The first kappa shape index (κ1) is 23.2. The van der Waals surface area contributed by atoms with Gasteiger partial charge >= 0.3 is 6.18 Å². The number of rotatable bonds is 6. The average Bonchev–Trinajstić information content (AvgIpc) is 3.11. The number of anilines is 1. The van der Waals surface area contributed by atoms with Gasteiger partial charge in [0.1, 0.15) is 5.82 Å². The third-order valence-corrected chi connectivity index (χ3v) is 6.29. The van der Waals surface area contributed by atoms with Crippen LogP contribution in [0.2, 0.25) is 5.02 Å². The van der Waals surface area contributed by atoms with Crippen LogP contribution in [0.25, 0.3) is 10.9 Å². The molecule has 0 atom stereocenters. The van der Waals surface area contributed by atoms with Crippen LogP contribution < -0.4 is 5.32 Å². The minimum Gasteiger partial charge on any atom is -0.342 e. The van der Waals surface area contributed by atoms with Crippen molar-refractivity contribution in [1.82, 2.24) is 4.57 Å². The van der Waals surface area contributed by atoms with Gasteiger partial charge in [-0.1, -0.05) is 41.9 Å². The van der Waals surface area contributed by atoms with E-state index < -0.39 is 17.6 Å². The van der Waals surface area contributed by atoms with Crippen LogP contribution >= 0.6 is 23.4 Å². The molecule has 0 fully saturated rings. The molecule has 170 valence electrons. The molecule has 4 aromatic rings. The predicted octanol–water partition coefficient (Wildman–Crippen LogP) is 7.23. The number of fused-ring (bicyclic) bond motifs is 1. The van der Waals surface area contributed by atoms with Crippen LogP contribution in [0.1, 0.15) is 11.1 Å². The second-order valence-electron chi connectivity index (χ2n) is 7.30. The maximum Gasteiger partial charge on any atom is 0.416 e. The van der Waals surface area contributed by atoms with Crippen molar-refractivity contribution in [3.05, 3.63) is 94.9 Å². The molecule has 0 aliphatic rings. The Labute approximate surface area is 196 Å². The highest BCUT2D eigenvalue weighted by Crippen LogP contribution is 2.34. The van der Waals surface area contributed by atoms with Gasteiger partial charge in [0.2, 0.25) is 5.91 Å². The fraction of sp³-hybridized carbons (Fsp3) is 0.125. The number of thioether (sulfide) groups is 1. The van der Waals surface area contributed by atoms with Gasteiger partial charge < -0.3 is 9.88 Å². The van der Waals surface area contributed by atoms with Gasteiger partial charge in [0, 0.05) is 28.5 Å². The van der Waals surface area contributed by atoms with Gasteiger partial charge in [-0.3, -0.25) is 4.79 Å². The summed E-state index contributed by atoms with van der Waals surface area (Å²) >= 11 is 7.21. The first-order valence-electron chi connectivity index (χ1n) is 9.82. The van der Waals surface area contributed by atoms with Gasteiger partial charge in [-0.15, -0.1) is 11.8 Å². The Hall–Kier alpha value is -2.97. The number of aromatic nitrogens is 1. The summed E-state index contributed by atoms with van der Waals surface area (Å²) in [6, 6.07) is 16.7. The SMILES string of the molecule is O=C(CSc1cn(Cc2cccc(F)c2)c2ccccc12)Nc1cc(C(F)(F)F)ccc1Cl. The smallest absolute Gasteiger partial charge is 0.342 e. The van der Waals surface area contributed by atoms with Crippen molar-refractivity contribution in [1.29, 1.82) is 0 Å². The van der Waals surface area contributed by atoms with E-state index >= 15 is 0 Å². The number of para-hydroxylation sites is 1. The van der Waals surface area contributed by atoms with Crippen LogP contribution in [0.15, 0.2) is 77.8 Å². The van der Waals surface area contributed by atoms with E-state index in [1.807, 2.05) is 41.1 Å². The minimum atomic E-state index is -4.54. The van der Waals surface area contributed by atoms with Gasteiger partial charge in [0.25, 0.3) is 0 Å². The molecule has 0 saturated heterocycles. The standard InChI is InChI=1S/C24H17ClF4N2OS/c25-19-9-8-16(24(27,28)29)11-20(19)30-23(32)14-33-22-13-31(21-7-2-1-6-18(21)22)12-15-4-3-5-17(26)10-15/h1-11,13H,12,14H2,(H,30,32). The molecule has 0 aliphatic heterocycles. The van der Waals surface area contributed by atoms with Crippen molar-refractivity contribution in [2.45, 2.75) is 17.6 Å². The highest BCUT2D eigenvalue weighted by Gasteiger charge is 2.31. The molecular formula is C24H17ClF4N2OS. The highest BCUT2D eigenvalue weighted by molar-refractivity contribution is 8.00. The van der Waals surface area contributed by atoms with Crippen LogP contribution in [-0.2, 0) is 17.5 Å². The van der Waals surface area contributed by atoms with E-state index in [1.54, 1.807) is 6.07 Å². The molecule has 4 rings (SSSR count). The van der Waals surface area contributed by atoms with Crippen molar-refractivity contribution < 1.29 is 22.4 Å². The normalized spacial score (nSPS) is 11.7. The number of hydrogen-bond donors (Lipinski definition) is 1. The van der Waals surface area contributed by atoms with Crippen LogP contribution in [0, 0.1) is 5.82 Å². The second kappa shape index (κ2) is 9.49. The molecule has 0 radical (unpaired) electrons. The Morgan fingerprint density at radius 2 is 1.82 bits per heavy atom. The van der Waals surface area contributed by atoms with E-state index in [1.165, 1.54) is 23.9 Å². The lowest BCUT2D eigenvalue weighted by Gasteiger charge is -2.11. The zero-order valence-electron chi connectivity index (χ0n) is 17.0. The van der Waals surface area contributed by atoms with E-state index in [0.29, 0.717) is 6.54 Å². The van der Waals surface area contributed by atoms with Gasteiger partial charge in [-0.2, -0.15) is 13.2 Å². The molecule has 1 N–H and O–H groups in total. The average molecular weight is 493 g/mol. The summed E-state index contributed by atoms with van der Waals surface area (Å²) in [7, 11) is 0. The van der Waals surface area contributed by atoms with Gasteiger partial charge in [0.05, 0.1) is 22.0 Å². The van der Waals surface area contributed by atoms with Gasteiger partial charge in [-0.25, -0.2) is 4.39 Å². The Morgan fingerprint density at radius 1 is 1.03 bits per heavy atom. The summed E-state index contributed by atoms with van der Waals surface area (Å²) in [4.78, 5) is 13.3. The number of carbonyl (C=O) groups excluding carboxylic acids is 1. The van der Waals surface area contributed by atoms with Crippen LogP contribution in [0.5, 0.6) is 0 Å². The molecule has 33 heavy (non-hydrogen) atoms. The molecular weight excluding hydrogens is 476 g/mol. The van der Waals surface area contributed by atoms with Crippen molar-refractivity contribution in [3.63, 3.8) is 0 Å². The van der Waals surface area contributed by atoms with E-state index in [9.17, 15) is 22.4 Å². The quantitative estimate of drug-likeness (QED) is 0.227. The molecule has 9 heteroatoms. The molecule has 0 saturated carbocycles. The Bertz CT molecular complexity index is 1320. The van der Waals surface area contributed by atoms with Crippen LogP contribution in [-0.4, -0.2) is 16.2 Å². The summed E-state index contributed by atoms with van der Waals surface area (Å²) in [5.74, 6) is -0.827. The molecule has 0 bridgehead atoms. The van der Waals surface area contributed by atoms with E-state index in [2.05, 4.69) is 5.32 Å². The summed E-state index contributed by atoms with van der Waals surface area (Å²) < 4.78 is 54.4. The molecule has 0 aliphatic carbocycles. The number of alkyl halides is 3. The number of nitrogens with one attached hydrogen (secondary N) is 1. The first-order valence-corrected chi connectivity index (χ1v) is 11.2. The lowest BCUT2D eigenvalue weighted by atomic mass is 10.2. The van der Waals surface area contributed by atoms with Crippen molar-refractivity contribution >= 4 is 45.9 Å². The number of carbonyl (C=O) groups is 1. The molecule has 1 aromatic heterocycles. The fourth-order valence-corrected chi connectivity index (χ4v) is 4.47. The van der Waals surface area contributed by atoms with Gasteiger partial charge in [-0.05, 0) is 42.0 Å². The van der Waals surface area contributed by atoms with Crippen molar-refractivity contribution in [3.8, 4) is 0 Å². The maximum atomic E-state index is 13.6. The highest BCUT2D eigenvalue weighted by atomic mass is 35.5. The van der Waals surface area contributed by atoms with Crippen molar-refractivity contribution in [2.24, 2.45) is 0 Å². The summed E-state index contributed by atoms with van der Waals surface area (Å²) in [5, 5.41) is 3.40. The van der Waals surface area contributed by atoms with E-state index in [4.69, 9.17) is 11.6 Å². The van der Waals surface area contributed by atoms with Crippen LogP contribution in [0.3, 0.4) is 0 Å². The molecule has 3 aromatic carbocycles. The number of amides is 1. The largest absolute Gasteiger partial charge is 0.416 e. The Morgan fingerprint density at radius 3 is 2.58 bits per heavy atom. The third kappa shape index (κ3) is 5.51. The maximum absolute atomic E-state index is 13.6. The first-order chi connectivity index (χ1) is 15.7. The fourth-order valence-electron chi connectivity index (χ4n) is 3.42. The molecule has 3 nitrogen and oxygen atoms in total. The second-order valence-corrected chi connectivity index (χ2v) is 8.72. The monoisotopic (exact) mass is 492 g/mol. The van der Waals surface area contributed by atoms with E-state index in [-0.39, 0.29) is 22.3 Å². The summed E-state index contributed by atoms with van der Waals surface area (Å²) in [6.07, 6.45) is -2.66. The number of halogens is 5. The Balaban J connectivity index is 1.50. The van der Waals surface area contributed by atoms with E-state index in [0.717, 1.165) is 39.6 Å². The van der Waals surface area contributed by atoms with Gasteiger partial charge in [0.15, 0.2) is 0 Å². The third-order valence-electron chi connectivity index (χ3n) is 4.92. The topological polar surface area (TPSA) is 34.0 Å². The lowest BCUT2D eigenvalue weighted by molar-refractivity contribution is -0.137. The Kier molecular flexibility index (Phi) is 6.67. The van der Waals surface area contributed by atoms with Crippen LogP contribution in [0.4, 0.5) is 23.2 Å². The number of hydrogen-bond acceptors (Lipinski definition) is 2. The molecule has 0 spiro atoms. The number of nitrogens with zero attached hydrogens (tertiary/aromatic N) is 1. The van der Waals surface area contributed by atoms with Crippen molar-refractivity contribution in [2.75, 3.05) is 11.1 Å². The molecule has 0 unspecified atom stereocenters.